The van der Waals surface area contributed by atoms with Gasteiger partial charge in [-0.25, -0.2) is 4.79 Å². The van der Waals surface area contributed by atoms with E-state index >= 15 is 0 Å². The summed E-state index contributed by atoms with van der Waals surface area (Å²) in [4.78, 5) is 25.5. The average Bonchev–Trinajstić information content (AvgIpc) is 3.00. The van der Waals surface area contributed by atoms with Crippen LogP contribution < -0.4 is 11.2 Å². The highest BCUT2D eigenvalue weighted by molar-refractivity contribution is 5.85. The Kier molecular flexibility index (Phi) is 4.41. The van der Waals surface area contributed by atoms with Crippen LogP contribution >= 0.6 is 0 Å². The molecule has 0 atom stereocenters. The molecule has 2 aromatic heterocycles. The maximum atomic E-state index is 12.8. The van der Waals surface area contributed by atoms with Crippen LogP contribution in [0.25, 0.3) is 21.8 Å². The summed E-state index contributed by atoms with van der Waals surface area (Å²) < 4.78 is 4.64. The van der Waals surface area contributed by atoms with Crippen molar-refractivity contribution in [1.29, 1.82) is 0 Å². The fourth-order valence-corrected chi connectivity index (χ4v) is 3.77. The topological polar surface area (TPSA) is 61.8 Å². The second-order valence-electron chi connectivity index (χ2n) is 7.73. The Morgan fingerprint density at radius 3 is 2.50 bits per heavy atom. The van der Waals surface area contributed by atoms with Crippen LogP contribution in [0, 0.1) is 12.8 Å². The number of hydrogen-bond acceptors (Lipinski definition) is 3. The summed E-state index contributed by atoms with van der Waals surface area (Å²) in [6.07, 6.45) is 0. The fourth-order valence-electron chi connectivity index (χ4n) is 3.77. The van der Waals surface area contributed by atoms with Gasteiger partial charge in [-0.15, -0.1) is 0 Å². The SMILES string of the molecule is Cc1c2c(=O)n(C)c(=O)n(CC(C)C)c2nn1Cc1cccc2ccccc12. The van der Waals surface area contributed by atoms with Gasteiger partial charge in [-0.2, -0.15) is 5.10 Å². The molecule has 0 bridgehead atoms. The third-order valence-corrected chi connectivity index (χ3v) is 5.23. The Morgan fingerprint density at radius 1 is 1.04 bits per heavy atom. The van der Waals surface area contributed by atoms with Crippen molar-refractivity contribution in [2.24, 2.45) is 13.0 Å². The summed E-state index contributed by atoms with van der Waals surface area (Å²) in [5, 5.41) is 7.54. The molecular weight excluding hydrogens is 352 g/mol. The van der Waals surface area contributed by atoms with E-state index in [1.165, 1.54) is 17.0 Å². The van der Waals surface area contributed by atoms with Crippen molar-refractivity contribution >= 4 is 21.8 Å². The zero-order chi connectivity index (χ0) is 20.0. The van der Waals surface area contributed by atoms with Crippen molar-refractivity contribution in [1.82, 2.24) is 18.9 Å². The van der Waals surface area contributed by atoms with E-state index in [1.807, 2.05) is 43.7 Å². The molecule has 0 unspecified atom stereocenters. The van der Waals surface area contributed by atoms with Crippen LogP contribution in [0.2, 0.25) is 0 Å². The number of nitrogens with zero attached hydrogens (tertiary/aromatic N) is 4. The van der Waals surface area contributed by atoms with Crippen LogP contribution in [0.3, 0.4) is 0 Å². The van der Waals surface area contributed by atoms with Gasteiger partial charge in [0.2, 0.25) is 0 Å². The van der Waals surface area contributed by atoms with Gasteiger partial charge >= 0.3 is 5.69 Å². The largest absolute Gasteiger partial charge is 0.332 e. The van der Waals surface area contributed by atoms with Crippen molar-refractivity contribution in [3.63, 3.8) is 0 Å². The Bertz CT molecular complexity index is 1300. The first-order valence-electron chi connectivity index (χ1n) is 9.52. The molecule has 0 N–H and O–H groups in total. The van der Waals surface area contributed by atoms with E-state index in [-0.39, 0.29) is 17.2 Å². The number of aromatic nitrogens is 4. The molecule has 2 heterocycles. The number of rotatable bonds is 4. The van der Waals surface area contributed by atoms with E-state index in [0.29, 0.717) is 24.1 Å². The molecule has 6 nitrogen and oxygen atoms in total. The molecule has 0 fully saturated rings. The van der Waals surface area contributed by atoms with Crippen LogP contribution in [0.4, 0.5) is 0 Å². The lowest BCUT2D eigenvalue weighted by Crippen LogP contribution is -2.38. The number of benzene rings is 2. The second kappa shape index (κ2) is 6.78. The normalized spacial score (nSPS) is 11.8. The van der Waals surface area contributed by atoms with E-state index in [9.17, 15) is 9.59 Å². The van der Waals surface area contributed by atoms with E-state index in [1.54, 1.807) is 4.57 Å². The van der Waals surface area contributed by atoms with Crippen LogP contribution in [0.5, 0.6) is 0 Å². The maximum Gasteiger partial charge on any atom is 0.332 e. The van der Waals surface area contributed by atoms with Crippen LogP contribution in [0.15, 0.2) is 52.1 Å². The van der Waals surface area contributed by atoms with Crippen molar-refractivity contribution < 1.29 is 0 Å². The molecule has 2 aromatic carbocycles. The molecule has 4 rings (SSSR count). The van der Waals surface area contributed by atoms with Gasteiger partial charge in [-0.05, 0) is 29.2 Å². The van der Waals surface area contributed by atoms with Crippen LogP contribution in [-0.4, -0.2) is 18.9 Å². The van der Waals surface area contributed by atoms with Crippen molar-refractivity contribution in [3.8, 4) is 0 Å². The zero-order valence-electron chi connectivity index (χ0n) is 16.6. The predicted molar refractivity (Wildman–Crippen MR) is 112 cm³/mol. The van der Waals surface area contributed by atoms with E-state index in [2.05, 4.69) is 24.3 Å². The van der Waals surface area contributed by atoms with Crippen molar-refractivity contribution in [2.45, 2.75) is 33.9 Å². The summed E-state index contributed by atoms with van der Waals surface area (Å²) >= 11 is 0. The quantitative estimate of drug-likeness (QED) is 0.550. The highest BCUT2D eigenvalue weighted by Gasteiger charge is 2.19. The lowest BCUT2D eigenvalue weighted by molar-refractivity contribution is 0.498. The molecule has 0 spiro atoms. The third kappa shape index (κ3) is 2.85. The second-order valence-corrected chi connectivity index (χ2v) is 7.73. The van der Waals surface area contributed by atoms with Crippen molar-refractivity contribution in [3.05, 3.63) is 74.6 Å². The van der Waals surface area contributed by atoms with E-state index < -0.39 is 0 Å². The minimum absolute atomic E-state index is 0.266. The highest BCUT2D eigenvalue weighted by Crippen LogP contribution is 2.21. The van der Waals surface area contributed by atoms with Gasteiger partial charge < -0.3 is 0 Å². The van der Waals surface area contributed by atoms with Gasteiger partial charge in [0.15, 0.2) is 5.65 Å². The summed E-state index contributed by atoms with van der Waals surface area (Å²) in [7, 11) is 1.53. The third-order valence-electron chi connectivity index (χ3n) is 5.23. The molecular formula is C22H24N4O2. The smallest absolute Gasteiger partial charge is 0.276 e. The first-order valence-corrected chi connectivity index (χ1v) is 9.52. The number of aryl methyl sites for hydroxylation is 1. The molecule has 0 radical (unpaired) electrons. The van der Waals surface area contributed by atoms with E-state index in [0.717, 1.165) is 16.6 Å². The number of fused-ring (bicyclic) bond motifs is 2. The molecule has 0 aliphatic carbocycles. The standard InChI is InChI=1S/C22H24N4O2/c1-14(2)12-25-20-19(21(27)24(4)22(25)28)15(3)26(23-20)13-17-10-7-9-16-8-5-6-11-18(16)17/h5-11,14H,12-13H2,1-4H3. The maximum absolute atomic E-state index is 12.8. The van der Waals surface area contributed by atoms with Gasteiger partial charge in [0.25, 0.3) is 5.56 Å². The van der Waals surface area contributed by atoms with Gasteiger partial charge in [-0.3, -0.25) is 18.6 Å². The van der Waals surface area contributed by atoms with Crippen LogP contribution in [0.1, 0.15) is 25.1 Å². The lowest BCUT2D eigenvalue weighted by atomic mass is 10.0. The monoisotopic (exact) mass is 376 g/mol. The average molecular weight is 376 g/mol. The molecule has 144 valence electrons. The van der Waals surface area contributed by atoms with Crippen molar-refractivity contribution in [2.75, 3.05) is 0 Å². The minimum Gasteiger partial charge on any atom is -0.276 e. The van der Waals surface area contributed by atoms with Gasteiger partial charge in [-0.1, -0.05) is 56.3 Å². The molecule has 0 saturated carbocycles. The van der Waals surface area contributed by atoms with Crippen LogP contribution in [-0.2, 0) is 20.1 Å². The highest BCUT2D eigenvalue weighted by atomic mass is 16.2. The first-order chi connectivity index (χ1) is 13.4. The van der Waals surface area contributed by atoms with Gasteiger partial charge in [0, 0.05) is 13.6 Å². The summed E-state index contributed by atoms with van der Waals surface area (Å²) in [6.45, 7) is 7.05. The summed E-state index contributed by atoms with van der Waals surface area (Å²) in [5.41, 5.74) is 1.77. The molecule has 6 heteroatoms. The molecule has 28 heavy (non-hydrogen) atoms. The van der Waals surface area contributed by atoms with Gasteiger partial charge in [0.05, 0.1) is 12.2 Å². The predicted octanol–water partition coefficient (Wildman–Crippen LogP) is 3.06. The summed E-state index contributed by atoms with van der Waals surface area (Å²) in [5.74, 6) is 0.266. The first kappa shape index (κ1) is 18.2. The molecule has 0 aliphatic rings. The lowest BCUT2D eigenvalue weighted by Gasteiger charge is -2.10. The molecule has 0 amide bonds. The molecule has 4 aromatic rings. The Labute approximate surface area is 162 Å². The zero-order valence-corrected chi connectivity index (χ0v) is 16.6. The Balaban J connectivity index is 1.94. The summed E-state index contributed by atoms with van der Waals surface area (Å²) in [6, 6.07) is 14.4. The van der Waals surface area contributed by atoms with E-state index in [4.69, 9.17) is 5.10 Å². The van der Waals surface area contributed by atoms with Gasteiger partial charge in [0.1, 0.15) is 5.39 Å². The Morgan fingerprint density at radius 2 is 1.75 bits per heavy atom. The Hall–Kier alpha value is -3.15. The fraction of sp³-hybridized carbons (Fsp3) is 0.318. The minimum atomic E-state index is -0.319. The molecule has 0 saturated heterocycles. The number of hydrogen-bond donors (Lipinski definition) is 0. The molecule has 0 aliphatic heterocycles.